The second kappa shape index (κ2) is 12.0. The van der Waals surface area contributed by atoms with E-state index in [1.807, 2.05) is 4.90 Å². The molecule has 3 fully saturated rings. The van der Waals surface area contributed by atoms with Crippen LogP contribution in [0.2, 0.25) is 0 Å². The number of morpholine rings is 1. The lowest BCUT2D eigenvalue weighted by molar-refractivity contribution is -0.140. The number of nitrogens with zero attached hydrogens (tertiary/aromatic N) is 3. The molecule has 3 atom stereocenters. The van der Waals surface area contributed by atoms with Gasteiger partial charge in [0.25, 0.3) is 0 Å². The minimum Gasteiger partial charge on any atom is -0.378 e. The summed E-state index contributed by atoms with van der Waals surface area (Å²) in [6.07, 6.45) is 10.7. The molecule has 0 bridgehead atoms. The van der Waals surface area contributed by atoms with Gasteiger partial charge < -0.3 is 15.0 Å². The van der Waals surface area contributed by atoms with Crippen molar-refractivity contribution in [3.63, 3.8) is 0 Å². The number of likely N-dealkylation sites (tertiary alicyclic amines) is 1. The van der Waals surface area contributed by atoms with Crippen molar-refractivity contribution in [2.24, 2.45) is 11.8 Å². The second-order valence-corrected chi connectivity index (χ2v) is 11.7. The van der Waals surface area contributed by atoms with Gasteiger partial charge in [-0.15, -0.1) is 0 Å². The van der Waals surface area contributed by atoms with Crippen LogP contribution in [0.25, 0.3) is 0 Å². The van der Waals surface area contributed by atoms with E-state index in [0.717, 1.165) is 25.8 Å². The summed E-state index contributed by atoms with van der Waals surface area (Å²) in [5.41, 5.74) is 1.92. The number of carbonyl (C=O) groups is 2. The Morgan fingerprint density at radius 2 is 1.84 bits per heavy atom. The van der Waals surface area contributed by atoms with E-state index in [2.05, 4.69) is 40.6 Å². The molecule has 1 aromatic carbocycles. The lowest BCUT2D eigenvalue weighted by Gasteiger charge is -2.33. The third-order valence-corrected chi connectivity index (χ3v) is 9.19. The first-order valence-electron chi connectivity index (χ1n) is 14.4. The molecule has 1 saturated carbocycles. The number of ether oxygens (including phenoxy) is 1. The molecule has 5 rings (SSSR count). The van der Waals surface area contributed by atoms with Crippen LogP contribution in [0.15, 0.2) is 24.3 Å². The van der Waals surface area contributed by atoms with Gasteiger partial charge in [-0.05, 0) is 62.0 Å². The molecular weight excluding hydrogens is 464 g/mol. The molecule has 1 unspecified atom stereocenters. The quantitative estimate of drug-likeness (QED) is 0.612. The van der Waals surface area contributed by atoms with Crippen molar-refractivity contribution in [2.75, 3.05) is 39.4 Å². The molecule has 0 aromatic heterocycles. The van der Waals surface area contributed by atoms with Crippen LogP contribution >= 0.6 is 0 Å². The van der Waals surface area contributed by atoms with Gasteiger partial charge in [-0.1, -0.05) is 43.5 Å². The Morgan fingerprint density at radius 1 is 1.08 bits per heavy atom. The maximum absolute atomic E-state index is 13.8. The van der Waals surface area contributed by atoms with Gasteiger partial charge in [0.05, 0.1) is 19.3 Å². The fraction of sp³-hybridized carbons (Fsp3) is 0.700. The summed E-state index contributed by atoms with van der Waals surface area (Å²) in [5.74, 6) is -0.142. The number of nitriles is 1. The van der Waals surface area contributed by atoms with Gasteiger partial charge in [-0.3, -0.25) is 14.5 Å². The molecule has 1 aromatic rings. The number of aryl methyl sites for hydroxylation is 1. The number of amides is 2. The Labute approximate surface area is 221 Å². The highest BCUT2D eigenvalue weighted by atomic mass is 16.5. The molecule has 2 saturated heterocycles. The number of fused-ring (bicyclic) bond motifs is 1. The van der Waals surface area contributed by atoms with Crippen LogP contribution in [0.5, 0.6) is 0 Å². The van der Waals surface area contributed by atoms with Gasteiger partial charge >= 0.3 is 0 Å². The standard InChI is InChI=1S/C30H42N4O3/c31-21-30(12-13-34(22-30)27-8-2-1-3-9-27)32-29(36)26(20-28(35)33-14-16-37-17-15-33)19-23-10-11-24-6-4-5-7-25(24)18-23/h4-7,23,26-27H,1-3,8-20,22H2,(H,32,36)/t23?,26-,30-/m1/s1. The highest BCUT2D eigenvalue weighted by molar-refractivity contribution is 5.86. The van der Waals surface area contributed by atoms with E-state index in [0.29, 0.717) is 57.6 Å². The first-order valence-corrected chi connectivity index (χ1v) is 14.4. The third kappa shape index (κ3) is 6.35. The van der Waals surface area contributed by atoms with E-state index >= 15 is 0 Å². The fourth-order valence-corrected chi connectivity index (χ4v) is 6.97. The SMILES string of the molecule is N#C[C@]1(NC(=O)[C@@H](CC(=O)N2CCOCC2)CC2CCc3ccccc3C2)CCN(C2CCCCC2)C1. The van der Waals surface area contributed by atoms with Crippen LogP contribution in [-0.2, 0) is 27.2 Å². The average Bonchev–Trinajstić information content (AvgIpc) is 3.38. The zero-order chi connectivity index (χ0) is 25.7. The van der Waals surface area contributed by atoms with Crippen LogP contribution in [0.4, 0.5) is 0 Å². The summed E-state index contributed by atoms with van der Waals surface area (Å²) in [5, 5.41) is 13.4. The number of benzene rings is 1. The molecule has 2 aliphatic heterocycles. The minimum atomic E-state index is -0.853. The summed E-state index contributed by atoms with van der Waals surface area (Å²) in [4.78, 5) is 31.3. The number of nitrogens with one attached hydrogen (secondary N) is 1. The highest BCUT2D eigenvalue weighted by Crippen LogP contribution is 2.33. The zero-order valence-electron chi connectivity index (χ0n) is 22.1. The lowest BCUT2D eigenvalue weighted by atomic mass is 9.78. The fourth-order valence-electron chi connectivity index (χ4n) is 6.97. The van der Waals surface area contributed by atoms with Crippen LogP contribution in [-0.4, -0.2) is 72.6 Å². The molecule has 2 heterocycles. The Hall–Kier alpha value is -2.43. The number of carbonyl (C=O) groups excluding carboxylic acids is 2. The predicted molar refractivity (Wildman–Crippen MR) is 142 cm³/mol. The van der Waals surface area contributed by atoms with E-state index in [4.69, 9.17) is 4.74 Å². The Balaban J connectivity index is 1.27. The summed E-state index contributed by atoms with van der Waals surface area (Å²) in [6, 6.07) is 11.6. The van der Waals surface area contributed by atoms with E-state index in [-0.39, 0.29) is 18.2 Å². The summed E-state index contributed by atoms with van der Waals surface area (Å²) in [7, 11) is 0. The summed E-state index contributed by atoms with van der Waals surface area (Å²) >= 11 is 0. The van der Waals surface area contributed by atoms with Crippen molar-refractivity contribution >= 4 is 11.8 Å². The second-order valence-electron chi connectivity index (χ2n) is 11.7. The van der Waals surface area contributed by atoms with E-state index in [1.54, 1.807) is 0 Å². The van der Waals surface area contributed by atoms with Crippen LogP contribution < -0.4 is 5.32 Å². The molecule has 7 nitrogen and oxygen atoms in total. The molecule has 7 heteroatoms. The maximum atomic E-state index is 13.8. The number of hydrogen-bond acceptors (Lipinski definition) is 5. The molecule has 2 amide bonds. The number of rotatable bonds is 7. The molecule has 2 aliphatic carbocycles. The van der Waals surface area contributed by atoms with E-state index in [1.165, 1.54) is 43.2 Å². The average molecular weight is 507 g/mol. The minimum absolute atomic E-state index is 0.0286. The largest absolute Gasteiger partial charge is 0.378 e. The topological polar surface area (TPSA) is 85.7 Å². The Morgan fingerprint density at radius 3 is 2.59 bits per heavy atom. The van der Waals surface area contributed by atoms with Crippen LogP contribution in [0.3, 0.4) is 0 Å². The molecule has 0 radical (unpaired) electrons. The van der Waals surface area contributed by atoms with Crippen LogP contribution in [0, 0.1) is 23.2 Å². The Kier molecular flexibility index (Phi) is 8.46. The first kappa shape index (κ1) is 26.2. The molecule has 0 spiro atoms. The molecule has 4 aliphatic rings. The highest BCUT2D eigenvalue weighted by Gasteiger charge is 2.43. The molecular formula is C30H42N4O3. The Bertz CT molecular complexity index is 995. The normalized spacial score (nSPS) is 27.8. The first-order chi connectivity index (χ1) is 18.0. The summed E-state index contributed by atoms with van der Waals surface area (Å²) < 4.78 is 5.42. The van der Waals surface area contributed by atoms with Crippen molar-refractivity contribution < 1.29 is 14.3 Å². The van der Waals surface area contributed by atoms with Crippen molar-refractivity contribution in [2.45, 2.75) is 82.2 Å². The molecule has 37 heavy (non-hydrogen) atoms. The summed E-state index contributed by atoms with van der Waals surface area (Å²) in [6.45, 7) is 3.73. The van der Waals surface area contributed by atoms with Gasteiger partial charge in [0.1, 0.15) is 5.54 Å². The smallest absolute Gasteiger partial charge is 0.224 e. The van der Waals surface area contributed by atoms with Gasteiger partial charge in [0.15, 0.2) is 0 Å². The lowest BCUT2D eigenvalue weighted by Crippen LogP contribution is -2.53. The van der Waals surface area contributed by atoms with Gasteiger partial charge in [0, 0.05) is 44.6 Å². The van der Waals surface area contributed by atoms with E-state index < -0.39 is 11.5 Å². The van der Waals surface area contributed by atoms with Gasteiger partial charge in [-0.2, -0.15) is 5.26 Å². The maximum Gasteiger partial charge on any atom is 0.224 e. The monoisotopic (exact) mass is 506 g/mol. The predicted octanol–water partition coefficient (Wildman–Crippen LogP) is 3.46. The van der Waals surface area contributed by atoms with Crippen molar-refractivity contribution in [3.8, 4) is 6.07 Å². The van der Waals surface area contributed by atoms with Gasteiger partial charge in [-0.25, -0.2) is 0 Å². The molecule has 1 N–H and O–H groups in total. The van der Waals surface area contributed by atoms with Crippen molar-refractivity contribution in [1.29, 1.82) is 5.26 Å². The van der Waals surface area contributed by atoms with Crippen molar-refractivity contribution in [1.82, 2.24) is 15.1 Å². The number of hydrogen-bond donors (Lipinski definition) is 1. The van der Waals surface area contributed by atoms with Gasteiger partial charge in [0.2, 0.25) is 11.8 Å². The third-order valence-electron chi connectivity index (χ3n) is 9.19. The molecule has 200 valence electrons. The van der Waals surface area contributed by atoms with Crippen molar-refractivity contribution in [3.05, 3.63) is 35.4 Å². The van der Waals surface area contributed by atoms with Crippen LogP contribution in [0.1, 0.15) is 68.9 Å². The zero-order valence-corrected chi connectivity index (χ0v) is 22.1. The van der Waals surface area contributed by atoms with E-state index in [9.17, 15) is 14.9 Å².